The number of hydrogen-bond donors (Lipinski definition) is 3. The molecule has 2 aliphatic heterocycles. The fourth-order valence-electron chi connectivity index (χ4n) is 2.74. The maximum Gasteiger partial charge on any atom is 0.244 e. The topological polar surface area (TPSA) is 106 Å². The molecular weight excluding hydrogens is 268 g/mol. The number of hydrazine groups is 1. The average Bonchev–Trinajstić information content (AvgIpc) is 3.00. The normalized spacial score (nSPS) is 29.6. The first kappa shape index (κ1) is 12.8. The van der Waals surface area contributed by atoms with Crippen LogP contribution in [0.4, 0.5) is 5.69 Å². The molecule has 3 heterocycles. The van der Waals surface area contributed by atoms with E-state index in [0.717, 1.165) is 19.3 Å². The smallest absolute Gasteiger partial charge is 0.244 e. The summed E-state index contributed by atoms with van der Waals surface area (Å²) < 4.78 is 33.0. The molecule has 3 rings (SSSR count). The van der Waals surface area contributed by atoms with Gasteiger partial charge in [-0.15, -0.1) is 0 Å². The highest BCUT2D eigenvalue weighted by Gasteiger charge is 2.42. The highest BCUT2D eigenvalue weighted by molar-refractivity contribution is 7.89. The van der Waals surface area contributed by atoms with Crippen molar-refractivity contribution < 1.29 is 13.2 Å². The Labute approximate surface area is 111 Å². The molecule has 2 aliphatic rings. The van der Waals surface area contributed by atoms with Crippen molar-refractivity contribution >= 4 is 15.7 Å². The lowest BCUT2D eigenvalue weighted by Gasteiger charge is -2.20. The minimum Gasteiger partial charge on any atom is -0.373 e. The number of nitrogen functional groups attached to an aromatic ring is 1. The number of nitrogens with one attached hydrogen (secondary N) is 2. The molecule has 0 aromatic carbocycles. The van der Waals surface area contributed by atoms with Crippen molar-refractivity contribution in [2.75, 3.05) is 5.43 Å². The number of nitrogens with two attached hydrogens (primary N) is 1. The third kappa shape index (κ3) is 2.32. The molecule has 0 aliphatic carbocycles. The van der Waals surface area contributed by atoms with Crippen LogP contribution in [0.3, 0.4) is 0 Å². The van der Waals surface area contributed by atoms with Gasteiger partial charge in [-0.1, -0.05) is 0 Å². The van der Waals surface area contributed by atoms with Gasteiger partial charge in [-0.25, -0.2) is 13.1 Å². The van der Waals surface area contributed by atoms with E-state index < -0.39 is 10.0 Å². The molecule has 0 amide bonds. The number of anilines is 1. The number of nitrogens with zero attached hydrogens (tertiary/aromatic N) is 1. The SMILES string of the molecule is NNc1ccncc1S(=O)(=O)NC1CC2CCC1O2. The van der Waals surface area contributed by atoms with Crippen LogP contribution in [0.2, 0.25) is 0 Å². The second-order valence-corrected chi connectivity index (χ2v) is 6.54. The predicted octanol–water partition coefficient (Wildman–Crippen LogP) is -0.0346. The Kier molecular flexibility index (Phi) is 3.17. The molecule has 1 aromatic rings. The summed E-state index contributed by atoms with van der Waals surface area (Å²) in [7, 11) is -3.64. The summed E-state index contributed by atoms with van der Waals surface area (Å²) in [5.74, 6) is 5.32. The van der Waals surface area contributed by atoms with E-state index in [-0.39, 0.29) is 23.1 Å². The second-order valence-electron chi connectivity index (χ2n) is 4.85. The molecular formula is C11H16N4O3S. The molecule has 8 heteroatoms. The van der Waals surface area contributed by atoms with Crippen molar-refractivity contribution in [2.45, 2.75) is 42.4 Å². The maximum atomic E-state index is 12.3. The van der Waals surface area contributed by atoms with Gasteiger partial charge in [0.25, 0.3) is 0 Å². The van der Waals surface area contributed by atoms with Gasteiger partial charge in [0.05, 0.1) is 23.9 Å². The van der Waals surface area contributed by atoms with Crippen LogP contribution in [-0.2, 0) is 14.8 Å². The van der Waals surface area contributed by atoms with Crippen LogP contribution >= 0.6 is 0 Å². The fourth-order valence-corrected chi connectivity index (χ4v) is 4.13. The molecule has 2 bridgehead atoms. The van der Waals surface area contributed by atoms with Crippen molar-refractivity contribution in [3.8, 4) is 0 Å². The van der Waals surface area contributed by atoms with E-state index in [2.05, 4.69) is 15.1 Å². The largest absolute Gasteiger partial charge is 0.373 e. The van der Waals surface area contributed by atoms with Gasteiger partial charge in [-0.3, -0.25) is 10.8 Å². The van der Waals surface area contributed by atoms with E-state index in [4.69, 9.17) is 10.6 Å². The summed E-state index contributed by atoms with van der Waals surface area (Å²) in [5, 5.41) is 0. The summed E-state index contributed by atoms with van der Waals surface area (Å²) in [5.41, 5.74) is 2.70. The lowest BCUT2D eigenvalue weighted by Crippen LogP contribution is -2.41. The fraction of sp³-hybridized carbons (Fsp3) is 0.545. The lowest BCUT2D eigenvalue weighted by atomic mass is 9.96. The minimum atomic E-state index is -3.64. The molecule has 0 spiro atoms. The summed E-state index contributed by atoms with van der Waals surface area (Å²) in [4.78, 5) is 3.89. The van der Waals surface area contributed by atoms with Crippen molar-refractivity contribution in [3.05, 3.63) is 18.5 Å². The van der Waals surface area contributed by atoms with Gasteiger partial charge in [0.2, 0.25) is 10.0 Å². The molecule has 104 valence electrons. The molecule has 7 nitrogen and oxygen atoms in total. The van der Waals surface area contributed by atoms with Gasteiger partial charge >= 0.3 is 0 Å². The van der Waals surface area contributed by atoms with Crippen molar-refractivity contribution in [1.82, 2.24) is 9.71 Å². The van der Waals surface area contributed by atoms with Gasteiger partial charge in [0.15, 0.2) is 0 Å². The molecule has 19 heavy (non-hydrogen) atoms. The van der Waals surface area contributed by atoms with E-state index in [1.807, 2.05) is 0 Å². The van der Waals surface area contributed by atoms with Crippen molar-refractivity contribution in [2.24, 2.45) is 5.84 Å². The van der Waals surface area contributed by atoms with E-state index in [1.54, 1.807) is 0 Å². The molecule has 3 atom stereocenters. The third-order valence-electron chi connectivity index (χ3n) is 3.64. The number of ether oxygens (including phenoxy) is 1. The first-order chi connectivity index (χ1) is 9.10. The Hall–Kier alpha value is -1.22. The van der Waals surface area contributed by atoms with E-state index in [0.29, 0.717) is 5.69 Å². The number of fused-ring (bicyclic) bond motifs is 2. The van der Waals surface area contributed by atoms with Crippen LogP contribution < -0.4 is 16.0 Å². The third-order valence-corrected chi connectivity index (χ3v) is 5.16. The molecule has 0 saturated carbocycles. The van der Waals surface area contributed by atoms with Crippen molar-refractivity contribution in [1.29, 1.82) is 0 Å². The van der Waals surface area contributed by atoms with Gasteiger partial charge in [0.1, 0.15) is 4.90 Å². The van der Waals surface area contributed by atoms with Gasteiger partial charge in [-0.05, 0) is 25.3 Å². The first-order valence-electron chi connectivity index (χ1n) is 6.18. The molecule has 3 unspecified atom stereocenters. The van der Waals surface area contributed by atoms with Crippen LogP contribution in [0.5, 0.6) is 0 Å². The molecule has 0 radical (unpaired) electrons. The zero-order chi connectivity index (χ0) is 13.5. The first-order valence-corrected chi connectivity index (χ1v) is 7.67. The summed E-state index contributed by atoms with van der Waals surface area (Å²) in [6.07, 6.45) is 5.61. The Morgan fingerprint density at radius 3 is 2.89 bits per heavy atom. The monoisotopic (exact) mass is 284 g/mol. The van der Waals surface area contributed by atoms with Crippen LogP contribution in [-0.4, -0.2) is 31.7 Å². The summed E-state index contributed by atoms with van der Waals surface area (Å²) >= 11 is 0. The number of pyridine rings is 1. The molecule has 4 N–H and O–H groups in total. The van der Waals surface area contributed by atoms with Crippen molar-refractivity contribution in [3.63, 3.8) is 0 Å². The number of rotatable bonds is 4. The Balaban J connectivity index is 1.83. The standard InChI is InChI=1S/C11H16N4O3S/c12-14-8-3-4-13-6-11(8)19(16,17)15-9-5-7-1-2-10(9)18-7/h3-4,6-7,9-10,15H,1-2,5,12H2,(H,13,14). The summed E-state index contributed by atoms with van der Waals surface area (Å²) in [6.45, 7) is 0. The minimum absolute atomic E-state index is 0.00858. The predicted molar refractivity (Wildman–Crippen MR) is 68.7 cm³/mol. The van der Waals surface area contributed by atoms with E-state index in [1.165, 1.54) is 18.5 Å². The second kappa shape index (κ2) is 4.71. The van der Waals surface area contributed by atoms with Crippen LogP contribution in [0.15, 0.2) is 23.4 Å². The van der Waals surface area contributed by atoms with E-state index >= 15 is 0 Å². The lowest BCUT2D eigenvalue weighted by molar-refractivity contribution is 0.0996. The summed E-state index contributed by atoms with van der Waals surface area (Å²) in [6, 6.07) is 1.36. The Bertz CT molecular complexity index is 577. The molecule has 2 saturated heterocycles. The van der Waals surface area contributed by atoms with Gasteiger partial charge < -0.3 is 10.2 Å². The maximum absolute atomic E-state index is 12.3. The number of hydrogen-bond acceptors (Lipinski definition) is 6. The number of sulfonamides is 1. The van der Waals surface area contributed by atoms with Gasteiger partial charge in [-0.2, -0.15) is 0 Å². The Morgan fingerprint density at radius 1 is 1.42 bits per heavy atom. The Morgan fingerprint density at radius 2 is 2.26 bits per heavy atom. The quantitative estimate of drug-likeness (QED) is 0.529. The highest BCUT2D eigenvalue weighted by atomic mass is 32.2. The van der Waals surface area contributed by atoms with Gasteiger partial charge in [0, 0.05) is 12.4 Å². The average molecular weight is 284 g/mol. The molecule has 2 fully saturated rings. The van der Waals surface area contributed by atoms with Crippen LogP contribution in [0.1, 0.15) is 19.3 Å². The zero-order valence-corrected chi connectivity index (χ0v) is 11.1. The molecule has 1 aromatic heterocycles. The van der Waals surface area contributed by atoms with E-state index in [9.17, 15) is 8.42 Å². The highest BCUT2D eigenvalue weighted by Crippen LogP contribution is 2.35. The van der Waals surface area contributed by atoms with Crippen LogP contribution in [0, 0.1) is 0 Å². The number of aromatic nitrogens is 1. The van der Waals surface area contributed by atoms with Crippen LogP contribution in [0.25, 0.3) is 0 Å². The zero-order valence-electron chi connectivity index (χ0n) is 10.2.